The first-order valence-corrected chi connectivity index (χ1v) is 9.14. The van der Waals surface area contributed by atoms with E-state index in [4.69, 9.17) is 0 Å². The summed E-state index contributed by atoms with van der Waals surface area (Å²) in [6.07, 6.45) is 3.50. The number of rotatable bonds is 3. The quantitative estimate of drug-likeness (QED) is 0.828. The van der Waals surface area contributed by atoms with E-state index in [-0.39, 0.29) is 0 Å². The van der Waals surface area contributed by atoms with E-state index < -0.39 is 0 Å². The normalized spacial score (nSPS) is 18.2. The van der Waals surface area contributed by atoms with Gasteiger partial charge in [-0.2, -0.15) is 5.10 Å². The van der Waals surface area contributed by atoms with Crippen molar-refractivity contribution in [3.63, 3.8) is 0 Å². The molecular weight excluding hydrogens is 352 g/mol. The van der Waals surface area contributed by atoms with Crippen molar-refractivity contribution in [2.45, 2.75) is 25.8 Å². The minimum atomic E-state index is 1.02. The highest BCUT2D eigenvalue weighted by Gasteiger charge is 2.21. The van der Waals surface area contributed by atoms with Crippen LogP contribution in [0.25, 0.3) is 0 Å². The molecule has 4 nitrogen and oxygen atoms in total. The summed E-state index contributed by atoms with van der Waals surface area (Å²) in [6.45, 7) is 5.24. The molecule has 0 radical (unpaired) electrons. The highest BCUT2D eigenvalue weighted by Crippen LogP contribution is 2.23. The Bertz CT molecular complexity index is 678. The van der Waals surface area contributed by atoms with Gasteiger partial charge in [0.25, 0.3) is 0 Å². The Morgan fingerprint density at radius 3 is 2.52 bits per heavy atom. The van der Waals surface area contributed by atoms with Crippen LogP contribution in [0.15, 0.2) is 34.8 Å². The van der Waals surface area contributed by atoms with E-state index in [2.05, 4.69) is 66.3 Å². The third-order valence-corrected chi connectivity index (χ3v) is 5.35. The predicted molar refractivity (Wildman–Crippen MR) is 95.7 cm³/mol. The maximum atomic E-state index is 4.44. The van der Waals surface area contributed by atoms with Crippen LogP contribution in [0.4, 0.5) is 5.82 Å². The van der Waals surface area contributed by atoms with Gasteiger partial charge in [0.2, 0.25) is 0 Å². The smallest absolute Gasteiger partial charge is 0.151 e. The van der Waals surface area contributed by atoms with Gasteiger partial charge in [-0.3, -0.25) is 4.90 Å². The first kappa shape index (κ1) is 15.1. The number of nitrogens with zero attached hydrogens (tertiary/aromatic N) is 4. The van der Waals surface area contributed by atoms with Crippen LogP contribution >= 0.6 is 15.9 Å². The zero-order chi connectivity index (χ0) is 15.6. The molecule has 0 bridgehead atoms. The van der Waals surface area contributed by atoms with E-state index in [9.17, 15) is 0 Å². The van der Waals surface area contributed by atoms with Gasteiger partial charge in [0.05, 0.1) is 5.69 Å². The van der Waals surface area contributed by atoms with E-state index in [1.165, 1.54) is 29.7 Å². The van der Waals surface area contributed by atoms with Gasteiger partial charge in [0.1, 0.15) is 0 Å². The van der Waals surface area contributed by atoms with Crippen LogP contribution in [-0.4, -0.2) is 41.3 Å². The number of hydrogen-bond acceptors (Lipinski definition) is 4. The molecule has 1 aliphatic heterocycles. The van der Waals surface area contributed by atoms with Gasteiger partial charge >= 0.3 is 0 Å². The second-order valence-corrected chi connectivity index (χ2v) is 7.33. The van der Waals surface area contributed by atoms with Crippen molar-refractivity contribution in [1.29, 1.82) is 0 Å². The van der Waals surface area contributed by atoms with Crippen molar-refractivity contribution in [2.75, 3.05) is 31.1 Å². The Labute approximate surface area is 145 Å². The lowest BCUT2D eigenvalue weighted by atomic mass is 10.2. The average Bonchev–Trinajstić information content (AvgIpc) is 3.05. The molecule has 23 heavy (non-hydrogen) atoms. The number of fused-ring (bicyclic) bond motifs is 1. The summed E-state index contributed by atoms with van der Waals surface area (Å²) in [5, 5.41) is 8.86. The molecule has 0 atom stereocenters. The van der Waals surface area contributed by atoms with Gasteiger partial charge in [-0.15, -0.1) is 5.10 Å². The number of aryl methyl sites for hydroxylation is 2. The molecule has 0 saturated carbocycles. The van der Waals surface area contributed by atoms with E-state index >= 15 is 0 Å². The Hall–Kier alpha value is -1.46. The third-order valence-electron chi connectivity index (χ3n) is 4.82. The van der Waals surface area contributed by atoms with Crippen LogP contribution in [0.3, 0.4) is 0 Å². The molecule has 0 unspecified atom stereocenters. The standard InChI is InChI=1S/C18H21BrN4/c19-16-6-4-14(5-7-16)13-22-8-10-23(11-9-22)18-12-15-2-1-3-17(15)20-21-18/h4-7,12H,1-3,8-11,13H2. The Kier molecular flexibility index (Phi) is 4.31. The first-order valence-electron chi connectivity index (χ1n) is 8.35. The maximum absolute atomic E-state index is 4.44. The van der Waals surface area contributed by atoms with Crippen molar-refractivity contribution in [3.05, 3.63) is 51.6 Å². The number of anilines is 1. The summed E-state index contributed by atoms with van der Waals surface area (Å²) in [7, 11) is 0. The summed E-state index contributed by atoms with van der Waals surface area (Å²) in [5.41, 5.74) is 3.99. The Morgan fingerprint density at radius 2 is 1.74 bits per heavy atom. The molecule has 5 heteroatoms. The van der Waals surface area contributed by atoms with Gasteiger partial charge in [-0.25, -0.2) is 0 Å². The molecule has 1 aliphatic carbocycles. The number of halogens is 1. The van der Waals surface area contributed by atoms with Gasteiger partial charge in [-0.05, 0) is 48.6 Å². The molecule has 0 N–H and O–H groups in total. The number of benzene rings is 1. The first-order chi connectivity index (χ1) is 11.3. The molecule has 2 heterocycles. The lowest BCUT2D eigenvalue weighted by Gasteiger charge is -2.35. The summed E-state index contributed by atoms with van der Waals surface area (Å²) in [4.78, 5) is 4.89. The van der Waals surface area contributed by atoms with Crippen LogP contribution in [0.5, 0.6) is 0 Å². The summed E-state index contributed by atoms with van der Waals surface area (Å²) in [5.74, 6) is 1.06. The highest BCUT2D eigenvalue weighted by atomic mass is 79.9. The fraction of sp³-hybridized carbons (Fsp3) is 0.444. The molecule has 1 saturated heterocycles. The summed E-state index contributed by atoms with van der Waals surface area (Å²) >= 11 is 3.49. The highest BCUT2D eigenvalue weighted by molar-refractivity contribution is 9.10. The third kappa shape index (κ3) is 3.40. The molecule has 2 aliphatic rings. The van der Waals surface area contributed by atoms with Crippen LogP contribution in [-0.2, 0) is 19.4 Å². The molecule has 1 aromatic heterocycles. The Balaban J connectivity index is 1.36. The fourth-order valence-electron chi connectivity index (χ4n) is 3.45. The molecule has 4 rings (SSSR count). The molecule has 2 aromatic rings. The van der Waals surface area contributed by atoms with Crippen LogP contribution in [0.2, 0.25) is 0 Å². The number of aromatic nitrogens is 2. The van der Waals surface area contributed by atoms with Crippen molar-refractivity contribution in [3.8, 4) is 0 Å². The Morgan fingerprint density at radius 1 is 0.957 bits per heavy atom. The predicted octanol–water partition coefficient (Wildman–Crippen LogP) is 3.05. The lowest BCUT2D eigenvalue weighted by Crippen LogP contribution is -2.46. The largest absolute Gasteiger partial charge is 0.353 e. The van der Waals surface area contributed by atoms with E-state index in [1.807, 2.05) is 0 Å². The summed E-state index contributed by atoms with van der Waals surface area (Å²) < 4.78 is 1.14. The van der Waals surface area contributed by atoms with E-state index in [0.29, 0.717) is 0 Å². The minimum Gasteiger partial charge on any atom is -0.353 e. The average molecular weight is 373 g/mol. The number of piperazine rings is 1. The van der Waals surface area contributed by atoms with Gasteiger partial charge in [0.15, 0.2) is 5.82 Å². The molecule has 0 spiro atoms. The zero-order valence-electron chi connectivity index (χ0n) is 13.2. The molecule has 1 aromatic carbocycles. The van der Waals surface area contributed by atoms with Gasteiger partial charge < -0.3 is 4.90 Å². The lowest BCUT2D eigenvalue weighted by molar-refractivity contribution is 0.249. The van der Waals surface area contributed by atoms with E-state index in [1.54, 1.807) is 0 Å². The van der Waals surface area contributed by atoms with E-state index in [0.717, 1.165) is 49.4 Å². The second-order valence-electron chi connectivity index (χ2n) is 6.42. The fourth-order valence-corrected chi connectivity index (χ4v) is 3.72. The van der Waals surface area contributed by atoms with Crippen LogP contribution in [0.1, 0.15) is 23.2 Å². The molecule has 1 fully saturated rings. The molecule has 0 amide bonds. The van der Waals surface area contributed by atoms with Crippen LogP contribution in [0, 0.1) is 0 Å². The van der Waals surface area contributed by atoms with Crippen molar-refractivity contribution in [2.24, 2.45) is 0 Å². The SMILES string of the molecule is Brc1ccc(CN2CCN(c3cc4c(nn3)CCC4)CC2)cc1. The van der Waals surface area contributed by atoms with Crippen molar-refractivity contribution >= 4 is 21.7 Å². The zero-order valence-corrected chi connectivity index (χ0v) is 14.8. The molecule has 120 valence electrons. The van der Waals surface area contributed by atoms with Crippen molar-refractivity contribution in [1.82, 2.24) is 15.1 Å². The minimum absolute atomic E-state index is 1.02. The van der Waals surface area contributed by atoms with Gasteiger partial charge in [0, 0.05) is 37.2 Å². The molecular formula is C18H21BrN4. The maximum Gasteiger partial charge on any atom is 0.151 e. The topological polar surface area (TPSA) is 32.3 Å². The summed E-state index contributed by atoms with van der Waals surface area (Å²) in [6, 6.07) is 10.9. The monoisotopic (exact) mass is 372 g/mol. The number of hydrogen-bond donors (Lipinski definition) is 0. The van der Waals surface area contributed by atoms with Gasteiger partial charge in [-0.1, -0.05) is 28.1 Å². The van der Waals surface area contributed by atoms with Crippen LogP contribution < -0.4 is 4.90 Å². The second kappa shape index (κ2) is 6.57. The van der Waals surface area contributed by atoms with Crippen molar-refractivity contribution < 1.29 is 0 Å².